The normalized spacial score (nSPS) is 10.2. The van der Waals surface area contributed by atoms with Crippen molar-refractivity contribution in [2.75, 3.05) is 13.2 Å². The number of nitrogens with two attached hydrogens (primary N) is 1. The lowest BCUT2D eigenvalue weighted by Crippen LogP contribution is -2.30. The summed E-state index contributed by atoms with van der Waals surface area (Å²) in [6, 6.07) is -0.507. The minimum atomic E-state index is -0.507. The van der Waals surface area contributed by atoms with Gasteiger partial charge in [0.05, 0.1) is 6.61 Å². The standard InChI is InChI=1S/C6H12N2O2/c1-2-8(6(7)10)4-3-5-9/h3-4,9H,2,5H2,1H3,(H2,7,10). The van der Waals surface area contributed by atoms with Crippen molar-refractivity contribution in [3.05, 3.63) is 12.3 Å². The van der Waals surface area contributed by atoms with Crippen LogP contribution in [-0.4, -0.2) is 29.2 Å². The first-order chi connectivity index (χ1) is 4.72. The molecule has 4 nitrogen and oxygen atoms in total. The van der Waals surface area contributed by atoms with E-state index in [0.717, 1.165) is 0 Å². The summed E-state index contributed by atoms with van der Waals surface area (Å²) in [5.74, 6) is 0. The van der Waals surface area contributed by atoms with Crippen molar-refractivity contribution < 1.29 is 9.90 Å². The molecule has 0 radical (unpaired) electrons. The molecular formula is C6H12N2O2. The molecule has 0 aliphatic rings. The summed E-state index contributed by atoms with van der Waals surface area (Å²) in [5, 5.41) is 8.33. The van der Waals surface area contributed by atoms with Crippen LogP contribution in [0.2, 0.25) is 0 Å². The molecule has 0 saturated heterocycles. The van der Waals surface area contributed by atoms with Gasteiger partial charge in [-0.3, -0.25) is 0 Å². The summed E-state index contributed by atoms with van der Waals surface area (Å²) in [6.07, 6.45) is 2.91. The Morgan fingerprint density at radius 1 is 1.80 bits per heavy atom. The van der Waals surface area contributed by atoms with Crippen LogP contribution in [0.25, 0.3) is 0 Å². The first-order valence-corrected chi connectivity index (χ1v) is 3.06. The van der Waals surface area contributed by atoms with Gasteiger partial charge in [-0.1, -0.05) is 0 Å². The molecule has 0 aromatic heterocycles. The van der Waals surface area contributed by atoms with E-state index in [1.54, 1.807) is 6.92 Å². The smallest absolute Gasteiger partial charge is 0.318 e. The highest BCUT2D eigenvalue weighted by Gasteiger charge is 1.99. The topological polar surface area (TPSA) is 66.6 Å². The summed E-state index contributed by atoms with van der Waals surface area (Å²) < 4.78 is 0. The molecule has 0 aromatic carbocycles. The lowest BCUT2D eigenvalue weighted by Gasteiger charge is -2.11. The lowest BCUT2D eigenvalue weighted by molar-refractivity contribution is 0.226. The van der Waals surface area contributed by atoms with Gasteiger partial charge in [-0.25, -0.2) is 4.79 Å². The molecule has 0 rings (SSSR count). The number of primary amides is 1. The number of urea groups is 1. The molecule has 0 fully saturated rings. The van der Waals surface area contributed by atoms with E-state index >= 15 is 0 Å². The molecule has 0 atom stereocenters. The van der Waals surface area contributed by atoms with Crippen molar-refractivity contribution >= 4 is 6.03 Å². The van der Waals surface area contributed by atoms with Gasteiger partial charge in [0, 0.05) is 12.7 Å². The Kier molecular flexibility index (Phi) is 4.32. The van der Waals surface area contributed by atoms with E-state index in [1.807, 2.05) is 0 Å². The molecule has 0 unspecified atom stereocenters. The summed E-state index contributed by atoms with van der Waals surface area (Å²) in [5.41, 5.74) is 4.94. The Morgan fingerprint density at radius 3 is 2.70 bits per heavy atom. The molecule has 0 spiro atoms. The number of nitrogens with zero attached hydrogens (tertiary/aromatic N) is 1. The van der Waals surface area contributed by atoms with E-state index in [2.05, 4.69) is 0 Å². The van der Waals surface area contributed by atoms with Crippen molar-refractivity contribution in [3.63, 3.8) is 0 Å². The second-order valence-corrected chi connectivity index (χ2v) is 1.69. The zero-order chi connectivity index (χ0) is 7.98. The fourth-order valence-electron chi connectivity index (χ4n) is 0.509. The maximum absolute atomic E-state index is 10.5. The van der Waals surface area contributed by atoms with Crippen LogP contribution in [0, 0.1) is 0 Å². The third kappa shape index (κ3) is 3.09. The highest BCUT2D eigenvalue weighted by Crippen LogP contribution is 1.87. The van der Waals surface area contributed by atoms with Gasteiger partial charge in [-0.2, -0.15) is 0 Å². The minimum Gasteiger partial charge on any atom is -0.392 e. The van der Waals surface area contributed by atoms with Crippen molar-refractivity contribution in [2.45, 2.75) is 6.92 Å². The summed E-state index contributed by atoms with van der Waals surface area (Å²) in [4.78, 5) is 11.8. The lowest BCUT2D eigenvalue weighted by atomic mass is 10.5. The molecule has 58 valence electrons. The molecule has 0 heterocycles. The van der Waals surface area contributed by atoms with Gasteiger partial charge in [0.15, 0.2) is 0 Å². The van der Waals surface area contributed by atoms with Crippen LogP contribution in [0.15, 0.2) is 12.3 Å². The van der Waals surface area contributed by atoms with Gasteiger partial charge in [0.1, 0.15) is 0 Å². The van der Waals surface area contributed by atoms with Gasteiger partial charge in [0.25, 0.3) is 0 Å². The minimum absolute atomic E-state index is 0.0796. The number of carbonyl (C=O) groups excluding carboxylic acids is 1. The Hall–Kier alpha value is -1.03. The third-order valence-electron chi connectivity index (χ3n) is 1.01. The van der Waals surface area contributed by atoms with Gasteiger partial charge < -0.3 is 15.7 Å². The zero-order valence-electron chi connectivity index (χ0n) is 5.95. The van der Waals surface area contributed by atoms with Crippen LogP contribution in [0.3, 0.4) is 0 Å². The maximum Gasteiger partial charge on any atom is 0.318 e. The van der Waals surface area contributed by atoms with Crippen molar-refractivity contribution in [2.24, 2.45) is 5.73 Å². The fraction of sp³-hybridized carbons (Fsp3) is 0.500. The summed E-state index contributed by atoms with van der Waals surface area (Å²) >= 11 is 0. The largest absolute Gasteiger partial charge is 0.392 e. The average molecular weight is 144 g/mol. The molecule has 0 aliphatic heterocycles. The zero-order valence-corrected chi connectivity index (χ0v) is 5.95. The van der Waals surface area contributed by atoms with Crippen LogP contribution >= 0.6 is 0 Å². The molecular weight excluding hydrogens is 132 g/mol. The Bertz CT molecular complexity index is 134. The molecule has 4 heteroatoms. The molecule has 0 aromatic rings. The van der Waals surface area contributed by atoms with Gasteiger partial charge in [-0.15, -0.1) is 0 Å². The molecule has 0 bridgehead atoms. The average Bonchev–Trinajstić information content (AvgIpc) is 1.89. The quantitative estimate of drug-likeness (QED) is 0.580. The van der Waals surface area contributed by atoms with Crippen molar-refractivity contribution in [1.82, 2.24) is 4.90 Å². The van der Waals surface area contributed by atoms with Crippen LogP contribution in [0.4, 0.5) is 4.79 Å². The molecule has 0 saturated carbocycles. The van der Waals surface area contributed by atoms with E-state index in [0.29, 0.717) is 6.54 Å². The van der Waals surface area contributed by atoms with Gasteiger partial charge >= 0.3 is 6.03 Å². The second kappa shape index (κ2) is 4.81. The number of rotatable bonds is 3. The van der Waals surface area contributed by atoms with Crippen LogP contribution in [-0.2, 0) is 0 Å². The van der Waals surface area contributed by atoms with E-state index in [4.69, 9.17) is 10.8 Å². The van der Waals surface area contributed by atoms with Gasteiger partial charge in [0.2, 0.25) is 0 Å². The van der Waals surface area contributed by atoms with Crippen molar-refractivity contribution in [3.8, 4) is 0 Å². The molecule has 0 aliphatic carbocycles. The number of carbonyl (C=O) groups is 1. The third-order valence-corrected chi connectivity index (χ3v) is 1.01. The number of hydrogen-bond acceptors (Lipinski definition) is 2. The van der Waals surface area contributed by atoms with Crippen LogP contribution in [0.5, 0.6) is 0 Å². The number of amides is 2. The van der Waals surface area contributed by atoms with Crippen LogP contribution < -0.4 is 5.73 Å². The summed E-state index contributed by atoms with van der Waals surface area (Å²) in [6.45, 7) is 2.24. The predicted octanol–water partition coefficient (Wildman–Crippen LogP) is -0.107. The molecule has 10 heavy (non-hydrogen) atoms. The Morgan fingerprint density at radius 2 is 2.40 bits per heavy atom. The second-order valence-electron chi connectivity index (χ2n) is 1.69. The number of aliphatic hydroxyl groups is 1. The maximum atomic E-state index is 10.5. The molecule has 2 amide bonds. The Labute approximate surface area is 59.9 Å². The van der Waals surface area contributed by atoms with Gasteiger partial charge in [-0.05, 0) is 13.0 Å². The molecule has 3 N–H and O–H groups in total. The first kappa shape index (κ1) is 8.97. The fourth-order valence-corrected chi connectivity index (χ4v) is 0.509. The van der Waals surface area contributed by atoms with Crippen LogP contribution in [0.1, 0.15) is 6.92 Å². The monoisotopic (exact) mass is 144 g/mol. The van der Waals surface area contributed by atoms with E-state index < -0.39 is 6.03 Å². The van der Waals surface area contributed by atoms with E-state index in [-0.39, 0.29) is 6.61 Å². The number of aliphatic hydroxyl groups excluding tert-OH is 1. The first-order valence-electron chi connectivity index (χ1n) is 3.06. The highest BCUT2D eigenvalue weighted by molar-refractivity contribution is 5.73. The SMILES string of the molecule is CCN(C=CCO)C(N)=O. The highest BCUT2D eigenvalue weighted by atomic mass is 16.2. The van der Waals surface area contributed by atoms with Crippen molar-refractivity contribution in [1.29, 1.82) is 0 Å². The number of hydrogen-bond donors (Lipinski definition) is 2. The van der Waals surface area contributed by atoms with E-state index in [9.17, 15) is 4.79 Å². The Balaban J connectivity index is 3.83. The van der Waals surface area contributed by atoms with E-state index in [1.165, 1.54) is 17.2 Å². The predicted molar refractivity (Wildman–Crippen MR) is 38.2 cm³/mol. The summed E-state index contributed by atoms with van der Waals surface area (Å²) in [7, 11) is 0.